The van der Waals surface area contributed by atoms with Gasteiger partial charge in [-0.1, -0.05) is 11.6 Å². The predicted octanol–water partition coefficient (Wildman–Crippen LogP) is 3.01. The summed E-state index contributed by atoms with van der Waals surface area (Å²) in [6.45, 7) is 5.19. The number of ether oxygens (including phenoxy) is 1. The van der Waals surface area contributed by atoms with Crippen molar-refractivity contribution in [2.45, 2.75) is 26.9 Å². The molecule has 0 heterocycles. The molecule has 0 bridgehead atoms. The number of carboxylic acids is 1. The number of nitriles is 1. The van der Waals surface area contributed by atoms with Gasteiger partial charge in [0.1, 0.15) is 6.07 Å². The van der Waals surface area contributed by atoms with Crippen LogP contribution in [0.15, 0.2) is 6.07 Å². The van der Waals surface area contributed by atoms with Crippen molar-refractivity contribution in [3.05, 3.63) is 27.8 Å². The van der Waals surface area contributed by atoms with E-state index < -0.39 is 5.97 Å². The predicted molar refractivity (Wildman–Crippen MR) is 63.6 cm³/mol. The summed E-state index contributed by atoms with van der Waals surface area (Å²) in [5.74, 6) is -0.872. The minimum Gasteiger partial charge on any atom is -0.488 e. The summed E-state index contributed by atoms with van der Waals surface area (Å²) in [6.07, 6.45) is -0.144. The van der Waals surface area contributed by atoms with E-state index in [0.717, 1.165) is 0 Å². The number of hydrogen-bond donors (Lipinski definition) is 1. The first-order valence-corrected chi connectivity index (χ1v) is 5.39. The lowest BCUT2D eigenvalue weighted by atomic mass is 10.0. The highest BCUT2D eigenvalue weighted by Crippen LogP contribution is 2.34. The van der Waals surface area contributed by atoms with E-state index in [0.29, 0.717) is 5.56 Å². The molecule has 0 fully saturated rings. The van der Waals surface area contributed by atoms with Crippen LogP contribution in [0.4, 0.5) is 0 Å². The van der Waals surface area contributed by atoms with Crippen LogP contribution in [0, 0.1) is 18.3 Å². The van der Waals surface area contributed by atoms with Crippen LogP contribution in [0.5, 0.6) is 5.75 Å². The highest BCUT2D eigenvalue weighted by molar-refractivity contribution is 6.33. The van der Waals surface area contributed by atoms with Crippen molar-refractivity contribution in [1.82, 2.24) is 0 Å². The molecule has 0 spiro atoms. The van der Waals surface area contributed by atoms with Gasteiger partial charge in [0.25, 0.3) is 0 Å². The quantitative estimate of drug-likeness (QED) is 0.899. The molecule has 0 amide bonds. The van der Waals surface area contributed by atoms with Gasteiger partial charge >= 0.3 is 5.97 Å². The number of nitrogens with zero attached hydrogens (tertiary/aromatic N) is 1. The van der Waals surface area contributed by atoms with Crippen LogP contribution in [0.2, 0.25) is 5.02 Å². The first kappa shape index (κ1) is 13.3. The van der Waals surface area contributed by atoms with Gasteiger partial charge < -0.3 is 9.84 Å². The van der Waals surface area contributed by atoms with E-state index >= 15 is 0 Å². The average molecular weight is 254 g/mol. The zero-order chi connectivity index (χ0) is 13.2. The van der Waals surface area contributed by atoms with Gasteiger partial charge in [-0.2, -0.15) is 5.26 Å². The van der Waals surface area contributed by atoms with Crippen LogP contribution in [-0.2, 0) is 0 Å². The molecule has 0 atom stereocenters. The van der Waals surface area contributed by atoms with Gasteiger partial charge in [0.2, 0.25) is 0 Å². The Bertz CT molecular complexity index is 503. The first-order chi connectivity index (χ1) is 7.88. The highest BCUT2D eigenvalue weighted by atomic mass is 35.5. The molecule has 0 saturated carbocycles. The van der Waals surface area contributed by atoms with Gasteiger partial charge in [-0.25, -0.2) is 4.79 Å². The second-order valence-electron chi connectivity index (χ2n) is 3.82. The molecule has 5 heteroatoms. The lowest BCUT2D eigenvalue weighted by Gasteiger charge is -2.15. The molecular formula is C12H12ClNO3. The summed E-state index contributed by atoms with van der Waals surface area (Å²) >= 11 is 6.03. The Balaban J connectivity index is 3.48. The number of aromatic carboxylic acids is 1. The maximum absolute atomic E-state index is 11.0. The number of rotatable bonds is 3. The average Bonchev–Trinajstić information content (AvgIpc) is 2.24. The van der Waals surface area contributed by atoms with Crippen molar-refractivity contribution in [3.8, 4) is 11.8 Å². The van der Waals surface area contributed by atoms with Crippen molar-refractivity contribution in [2.75, 3.05) is 0 Å². The number of halogens is 1. The lowest BCUT2D eigenvalue weighted by Crippen LogP contribution is -2.10. The van der Waals surface area contributed by atoms with Crippen molar-refractivity contribution >= 4 is 17.6 Å². The fraction of sp³-hybridized carbons (Fsp3) is 0.333. The maximum atomic E-state index is 11.0. The summed E-state index contributed by atoms with van der Waals surface area (Å²) in [5, 5.41) is 18.1. The van der Waals surface area contributed by atoms with Gasteiger partial charge in [0, 0.05) is 0 Å². The van der Waals surface area contributed by atoms with Gasteiger partial charge in [-0.15, -0.1) is 0 Å². The molecule has 1 N–H and O–H groups in total. The Kier molecular flexibility index (Phi) is 3.97. The third kappa shape index (κ3) is 2.69. The minimum absolute atomic E-state index is 0.0163. The molecule has 1 aromatic rings. The van der Waals surface area contributed by atoms with E-state index in [4.69, 9.17) is 26.7 Å². The Labute approximate surface area is 104 Å². The minimum atomic E-state index is -1.11. The molecular weight excluding hydrogens is 242 g/mol. The smallest absolute Gasteiger partial charge is 0.336 e. The van der Waals surface area contributed by atoms with E-state index in [1.807, 2.05) is 6.07 Å². The molecule has 1 aromatic carbocycles. The summed E-state index contributed by atoms with van der Waals surface area (Å²) in [5.41, 5.74) is 0.545. The number of hydrogen-bond acceptors (Lipinski definition) is 3. The van der Waals surface area contributed by atoms with Crippen molar-refractivity contribution in [3.63, 3.8) is 0 Å². The van der Waals surface area contributed by atoms with E-state index in [1.54, 1.807) is 20.8 Å². The highest BCUT2D eigenvalue weighted by Gasteiger charge is 2.19. The second kappa shape index (κ2) is 5.07. The van der Waals surface area contributed by atoms with Crippen molar-refractivity contribution < 1.29 is 14.6 Å². The standard InChI is InChI=1S/C12H12ClNO3/c1-6(2)17-11-8(5-14)4-9(12(15)16)7(3)10(11)13/h4,6H,1-3H3,(H,15,16). The lowest BCUT2D eigenvalue weighted by molar-refractivity contribution is 0.0696. The molecule has 90 valence electrons. The fourth-order valence-electron chi connectivity index (χ4n) is 1.38. The molecule has 0 aliphatic carbocycles. The van der Waals surface area contributed by atoms with Crippen LogP contribution in [0.3, 0.4) is 0 Å². The molecule has 1 rings (SSSR count). The summed E-state index contributed by atoms with van der Waals surface area (Å²) < 4.78 is 5.44. The SMILES string of the molecule is Cc1c(C(=O)O)cc(C#N)c(OC(C)C)c1Cl. The van der Waals surface area contributed by atoms with Gasteiger partial charge in [0.15, 0.2) is 5.75 Å². The molecule has 4 nitrogen and oxygen atoms in total. The molecule has 0 saturated heterocycles. The zero-order valence-corrected chi connectivity index (χ0v) is 10.5. The third-order valence-corrected chi connectivity index (χ3v) is 2.63. The van der Waals surface area contributed by atoms with E-state index in [2.05, 4.69) is 0 Å². The normalized spacial score (nSPS) is 10.1. The maximum Gasteiger partial charge on any atom is 0.336 e. The van der Waals surface area contributed by atoms with Crippen LogP contribution >= 0.6 is 11.6 Å². The first-order valence-electron chi connectivity index (χ1n) is 5.01. The van der Waals surface area contributed by atoms with Gasteiger partial charge in [-0.3, -0.25) is 0 Å². The Morgan fingerprint density at radius 1 is 1.59 bits per heavy atom. The topological polar surface area (TPSA) is 70.3 Å². The monoisotopic (exact) mass is 253 g/mol. The number of carbonyl (C=O) groups is 1. The second-order valence-corrected chi connectivity index (χ2v) is 4.20. The molecule has 0 aliphatic heterocycles. The largest absolute Gasteiger partial charge is 0.488 e. The van der Waals surface area contributed by atoms with E-state index in [9.17, 15) is 4.79 Å². The molecule has 0 unspecified atom stereocenters. The fourth-order valence-corrected chi connectivity index (χ4v) is 1.63. The van der Waals surface area contributed by atoms with Gasteiger partial charge in [-0.05, 0) is 32.4 Å². The third-order valence-electron chi connectivity index (χ3n) is 2.17. The summed E-state index contributed by atoms with van der Waals surface area (Å²) in [6, 6.07) is 3.17. The molecule has 17 heavy (non-hydrogen) atoms. The zero-order valence-electron chi connectivity index (χ0n) is 9.74. The summed E-state index contributed by atoms with van der Waals surface area (Å²) in [4.78, 5) is 11.0. The van der Waals surface area contributed by atoms with Gasteiger partial charge in [0.05, 0.1) is 22.3 Å². The summed E-state index contributed by atoms with van der Waals surface area (Å²) in [7, 11) is 0. The molecule has 0 aliphatic rings. The number of benzene rings is 1. The van der Waals surface area contributed by atoms with Crippen LogP contribution in [-0.4, -0.2) is 17.2 Å². The Hall–Kier alpha value is -1.73. The molecule has 0 aromatic heterocycles. The van der Waals surface area contributed by atoms with Crippen molar-refractivity contribution in [1.29, 1.82) is 5.26 Å². The Morgan fingerprint density at radius 2 is 2.18 bits per heavy atom. The van der Waals surface area contributed by atoms with E-state index in [1.165, 1.54) is 6.07 Å². The van der Waals surface area contributed by atoms with Crippen LogP contribution in [0.1, 0.15) is 35.3 Å². The van der Waals surface area contributed by atoms with Crippen molar-refractivity contribution in [2.24, 2.45) is 0 Å². The van der Waals surface area contributed by atoms with Crippen LogP contribution < -0.4 is 4.74 Å². The molecule has 0 radical (unpaired) electrons. The van der Waals surface area contributed by atoms with Crippen LogP contribution in [0.25, 0.3) is 0 Å². The van der Waals surface area contributed by atoms with E-state index in [-0.39, 0.29) is 28.0 Å². The number of carboxylic acid groups (broad SMARTS) is 1. The Morgan fingerprint density at radius 3 is 2.59 bits per heavy atom.